The van der Waals surface area contributed by atoms with Crippen LogP contribution in [0.5, 0.6) is 0 Å². The predicted octanol–water partition coefficient (Wildman–Crippen LogP) is 3.46. The molecule has 1 aliphatic carbocycles. The van der Waals surface area contributed by atoms with Crippen molar-refractivity contribution in [1.29, 1.82) is 0 Å². The van der Waals surface area contributed by atoms with Gasteiger partial charge in [-0.2, -0.15) is 0 Å². The van der Waals surface area contributed by atoms with E-state index in [2.05, 4.69) is 40.3 Å². The second-order valence-corrected chi connectivity index (χ2v) is 10.6. The second-order valence-electron chi connectivity index (χ2n) is 9.43. The van der Waals surface area contributed by atoms with Crippen LogP contribution in [0.1, 0.15) is 71.4 Å². The van der Waals surface area contributed by atoms with Gasteiger partial charge in [-0.05, 0) is 56.6 Å². The molecule has 1 amide bonds. The number of carbonyl (C=O) groups excluding carboxylic acids is 1. The van der Waals surface area contributed by atoms with E-state index in [-0.39, 0.29) is 23.4 Å². The number of likely N-dealkylation sites (tertiary alicyclic amines) is 1. The van der Waals surface area contributed by atoms with E-state index in [1.54, 1.807) is 11.8 Å². The predicted molar refractivity (Wildman–Crippen MR) is 118 cm³/mol. The van der Waals surface area contributed by atoms with Gasteiger partial charge < -0.3 is 19.4 Å². The van der Waals surface area contributed by atoms with Crippen LogP contribution in [-0.4, -0.2) is 52.8 Å². The highest BCUT2D eigenvalue weighted by atomic mass is 32.1. The molecule has 2 fully saturated rings. The summed E-state index contributed by atoms with van der Waals surface area (Å²) in [5, 5.41) is 10.5. The Kier molecular flexibility index (Phi) is 5.65. The molecular weight excluding hydrogens is 412 g/mol. The van der Waals surface area contributed by atoms with Crippen LogP contribution in [0.25, 0.3) is 0 Å². The third-order valence-electron chi connectivity index (χ3n) is 7.24. The first-order valence-corrected chi connectivity index (χ1v) is 12.4. The van der Waals surface area contributed by atoms with Gasteiger partial charge in [0.05, 0.1) is 12.2 Å². The summed E-state index contributed by atoms with van der Waals surface area (Å²) in [7, 11) is 0. The van der Waals surface area contributed by atoms with Crippen molar-refractivity contribution in [1.82, 2.24) is 20.4 Å². The van der Waals surface area contributed by atoms with Crippen LogP contribution in [0, 0.1) is 12.8 Å². The molecule has 0 radical (unpaired) electrons. The maximum atomic E-state index is 12.2. The number of ether oxygens (including phenoxy) is 1. The fourth-order valence-electron chi connectivity index (χ4n) is 5.52. The Morgan fingerprint density at radius 3 is 2.94 bits per heavy atom. The van der Waals surface area contributed by atoms with Crippen LogP contribution in [0.2, 0.25) is 0 Å². The SMILES string of the molecule is CCc1cc2c(s1)CCO[C@@]21CCN(C[C@H]2C[C@@H](NC(=O)c3nnc(C)o3)C2)[C@@H](C)C1. The molecule has 0 aromatic carbocycles. The number of aromatic nitrogens is 2. The number of amides is 1. The maximum Gasteiger partial charge on any atom is 0.309 e. The number of rotatable bonds is 5. The number of hydrogen-bond donors (Lipinski definition) is 1. The van der Waals surface area contributed by atoms with Gasteiger partial charge in [-0.1, -0.05) is 6.92 Å². The molecule has 3 aliphatic rings. The highest BCUT2D eigenvalue weighted by molar-refractivity contribution is 7.12. The number of hydrogen-bond acceptors (Lipinski definition) is 7. The van der Waals surface area contributed by atoms with Gasteiger partial charge >= 0.3 is 11.8 Å². The fraction of sp³-hybridized carbons (Fsp3) is 0.696. The summed E-state index contributed by atoms with van der Waals surface area (Å²) in [5.41, 5.74) is 1.40. The highest BCUT2D eigenvalue weighted by Crippen LogP contribution is 2.46. The molecule has 8 heteroatoms. The van der Waals surface area contributed by atoms with Crippen LogP contribution in [0.4, 0.5) is 0 Å². The van der Waals surface area contributed by atoms with Crippen LogP contribution in [-0.2, 0) is 23.2 Å². The van der Waals surface area contributed by atoms with Crippen LogP contribution in [0.3, 0.4) is 0 Å². The molecule has 0 bridgehead atoms. The first-order chi connectivity index (χ1) is 15.0. The molecule has 7 nitrogen and oxygen atoms in total. The molecular formula is C23H32N4O3S. The van der Waals surface area contributed by atoms with Crippen molar-refractivity contribution in [3.8, 4) is 0 Å². The quantitative estimate of drug-likeness (QED) is 0.761. The van der Waals surface area contributed by atoms with Gasteiger partial charge in [0.1, 0.15) is 0 Å². The summed E-state index contributed by atoms with van der Waals surface area (Å²) >= 11 is 1.99. The molecule has 5 rings (SSSR count). The maximum absolute atomic E-state index is 12.2. The van der Waals surface area contributed by atoms with E-state index >= 15 is 0 Å². The molecule has 1 N–H and O–H groups in total. The van der Waals surface area contributed by atoms with Crippen molar-refractivity contribution in [3.63, 3.8) is 0 Å². The summed E-state index contributed by atoms with van der Waals surface area (Å²) in [6, 6.07) is 3.13. The molecule has 2 aliphatic heterocycles. The van der Waals surface area contributed by atoms with Gasteiger partial charge in [-0.25, -0.2) is 0 Å². The van der Waals surface area contributed by atoms with Crippen LogP contribution < -0.4 is 5.32 Å². The Labute approximate surface area is 187 Å². The molecule has 4 heterocycles. The molecule has 2 atom stereocenters. The zero-order chi connectivity index (χ0) is 21.6. The summed E-state index contributed by atoms with van der Waals surface area (Å²) in [5.74, 6) is 0.838. The number of thiophene rings is 1. The van der Waals surface area contributed by atoms with Gasteiger partial charge in [0.25, 0.3) is 0 Å². The summed E-state index contributed by atoms with van der Waals surface area (Å²) in [6.45, 7) is 9.31. The van der Waals surface area contributed by atoms with Gasteiger partial charge in [-0.3, -0.25) is 4.79 Å². The van der Waals surface area contributed by atoms with E-state index in [0.717, 1.165) is 58.2 Å². The molecule has 168 valence electrons. The monoisotopic (exact) mass is 444 g/mol. The van der Waals surface area contributed by atoms with E-state index in [1.807, 2.05) is 11.3 Å². The van der Waals surface area contributed by atoms with Gasteiger partial charge in [0, 0.05) is 48.3 Å². The normalized spacial score (nSPS) is 30.7. The average Bonchev–Trinajstić information content (AvgIpc) is 3.35. The Balaban J connectivity index is 1.14. The van der Waals surface area contributed by atoms with Gasteiger partial charge in [0.15, 0.2) is 0 Å². The Morgan fingerprint density at radius 2 is 2.23 bits per heavy atom. The van der Waals surface area contributed by atoms with Crippen LogP contribution >= 0.6 is 11.3 Å². The van der Waals surface area contributed by atoms with Crippen molar-refractivity contribution in [3.05, 3.63) is 33.2 Å². The first-order valence-electron chi connectivity index (χ1n) is 11.6. The third kappa shape index (κ3) is 4.05. The number of nitrogens with one attached hydrogen (secondary N) is 1. The van der Waals surface area contributed by atoms with E-state index in [9.17, 15) is 4.79 Å². The molecule has 1 saturated carbocycles. The van der Waals surface area contributed by atoms with E-state index in [0.29, 0.717) is 17.9 Å². The van der Waals surface area contributed by atoms with Crippen molar-refractivity contribution < 1.29 is 13.9 Å². The van der Waals surface area contributed by atoms with Crippen molar-refractivity contribution >= 4 is 17.2 Å². The Bertz CT molecular complexity index is 951. The minimum atomic E-state index is -0.259. The van der Waals surface area contributed by atoms with E-state index in [1.165, 1.54) is 10.4 Å². The standard InChI is InChI=1S/C23H32N4O3S/c1-4-18-11-19-20(31-18)5-8-29-23(19)6-7-27(14(2)12-23)13-16-9-17(10-16)24-21(28)22-26-25-15(3)30-22/h11,14,16-17H,4-10,12-13H2,1-3H3,(H,24,28)/t14-,16-,17+,23+/m0/s1. The smallest absolute Gasteiger partial charge is 0.309 e. The van der Waals surface area contributed by atoms with Gasteiger partial charge in [0.2, 0.25) is 5.89 Å². The molecule has 1 saturated heterocycles. The summed E-state index contributed by atoms with van der Waals surface area (Å²) in [6.07, 6.45) is 6.35. The number of fused-ring (bicyclic) bond motifs is 2. The third-order valence-corrected chi connectivity index (χ3v) is 8.58. The minimum absolute atomic E-state index is 0.0578. The molecule has 0 unspecified atom stereocenters. The van der Waals surface area contributed by atoms with Crippen molar-refractivity contribution in [2.24, 2.45) is 5.92 Å². The number of aryl methyl sites for hydroxylation is 2. The van der Waals surface area contributed by atoms with Gasteiger partial charge in [-0.15, -0.1) is 21.5 Å². The minimum Gasteiger partial charge on any atom is -0.417 e. The molecule has 31 heavy (non-hydrogen) atoms. The largest absolute Gasteiger partial charge is 0.417 e. The lowest BCUT2D eigenvalue weighted by atomic mass is 9.76. The molecule has 1 spiro atoms. The number of carbonyl (C=O) groups is 1. The van der Waals surface area contributed by atoms with Crippen molar-refractivity contribution in [2.75, 3.05) is 19.7 Å². The molecule has 2 aromatic rings. The number of nitrogens with zero attached hydrogens (tertiary/aromatic N) is 3. The zero-order valence-corrected chi connectivity index (χ0v) is 19.5. The van der Waals surface area contributed by atoms with Crippen LogP contribution in [0.15, 0.2) is 10.5 Å². The second kappa shape index (κ2) is 8.30. The summed E-state index contributed by atoms with van der Waals surface area (Å²) in [4.78, 5) is 17.8. The number of piperidine rings is 1. The lowest BCUT2D eigenvalue weighted by Gasteiger charge is -2.49. The lowest BCUT2D eigenvalue weighted by Crippen LogP contribution is -2.54. The summed E-state index contributed by atoms with van der Waals surface area (Å²) < 4.78 is 11.7. The first kappa shape index (κ1) is 21.1. The fourth-order valence-corrected chi connectivity index (χ4v) is 6.69. The molecule has 2 aromatic heterocycles. The zero-order valence-electron chi connectivity index (χ0n) is 18.6. The Hall–Kier alpha value is -1.77. The van der Waals surface area contributed by atoms with E-state index in [4.69, 9.17) is 9.15 Å². The van der Waals surface area contributed by atoms with E-state index < -0.39 is 0 Å². The Morgan fingerprint density at radius 1 is 1.39 bits per heavy atom. The van der Waals surface area contributed by atoms with Crippen molar-refractivity contribution in [2.45, 2.75) is 77.0 Å². The lowest BCUT2D eigenvalue weighted by molar-refractivity contribution is -0.114. The average molecular weight is 445 g/mol. The topological polar surface area (TPSA) is 80.5 Å². The highest BCUT2D eigenvalue weighted by Gasteiger charge is 2.45.